The Bertz CT molecular complexity index is 324. The molecule has 0 aromatic carbocycles. The number of hydrogen-bond acceptors (Lipinski definition) is 4. The number of nitrogens with one attached hydrogen (secondary N) is 1. The lowest BCUT2D eigenvalue weighted by molar-refractivity contribution is -0.126. The number of Topliss-reactive ketones (excluding diaryl/α,β-unsaturated/α-hetero) is 2. The highest BCUT2D eigenvalue weighted by molar-refractivity contribution is 5.86. The Balaban J connectivity index is 3.55. The fourth-order valence-corrected chi connectivity index (χ4v) is 1.48. The van der Waals surface area contributed by atoms with Crippen molar-refractivity contribution in [3.8, 4) is 0 Å². The third-order valence-corrected chi connectivity index (χ3v) is 2.74. The SMILES string of the molecule is CC(C)CC(=O)NCC(=O)CCOCCC(=O)C(C)C. The van der Waals surface area contributed by atoms with E-state index in [9.17, 15) is 14.4 Å². The molecule has 1 amide bonds. The minimum Gasteiger partial charge on any atom is -0.381 e. The van der Waals surface area contributed by atoms with E-state index in [1.807, 2.05) is 27.7 Å². The molecule has 0 aliphatic rings. The summed E-state index contributed by atoms with van der Waals surface area (Å²) in [7, 11) is 0. The molecule has 0 saturated heterocycles. The van der Waals surface area contributed by atoms with Gasteiger partial charge in [0.2, 0.25) is 5.91 Å². The first-order valence-electron chi connectivity index (χ1n) is 7.21. The van der Waals surface area contributed by atoms with Crippen LogP contribution in [-0.4, -0.2) is 37.2 Å². The van der Waals surface area contributed by atoms with Crippen LogP contribution >= 0.6 is 0 Å². The monoisotopic (exact) mass is 285 g/mol. The van der Waals surface area contributed by atoms with Crippen molar-refractivity contribution in [2.45, 2.75) is 47.0 Å². The van der Waals surface area contributed by atoms with Crippen LogP contribution in [0.3, 0.4) is 0 Å². The summed E-state index contributed by atoms with van der Waals surface area (Å²) >= 11 is 0. The summed E-state index contributed by atoms with van der Waals surface area (Å²) in [6, 6.07) is 0. The third-order valence-electron chi connectivity index (χ3n) is 2.74. The van der Waals surface area contributed by atoms with E-state index in [2.05, 4.69) is 5.32 Å². The topological polar surface area (TPSA) is 72.5 Å². The van der Waals surface area contributed by atoms with Gasteiger partial charge in [-0.15, -0.1) is 0 Å². The quantitative estimate of drug-likeness (QED) is 0.587. The summed E-state index contributed by atoms with van der Waals surface area (Å²) in [5.41, 5.74) is 0. The molecule has 116 valence electrons. The van der Waals surface area contributed by atoms with E-state index in [1.54, 1.807) is 0 Å². The second-order valence-electron chi connectivity index (χ2n) is 5.65. The second kappa shape index (κ2) is 10.5. The Morgan fingerprint density at radius 1 is 1.00 bits per heavy atom. The van der Waals surface area contributed by atoms with Crippen molar-refractivity contribution in [1.29, 1.82) is 0 Å². The van der Waals surface area contributed by atoms with Crippen LogP contribution in [0.5, 0.6) is 0 Å². The highest BCUT2D eigenvalue weighted by atomic mass is 16.5. The first kappa shape index (κ1) is 18.8. The summed E-state index contributed by atoms with van der Waals surface area (Å²) in [5, 5.41) is 2.59. The van der Waals surface area contributed by atoms with Gasteiger partial charge in [-0.2, -0.15) is 0 Å². The van der Waals surface area contributed by atoms with E-state index in [4.69, 9.17) is 4.74 Å². The molecule has 1 N–H and O–H groups in total. The number of amides is 1. The number of ether oxygens (including phenoxy) is 1. The largest absolute Gasteiger partial charge is 0.381 e. The summed E-state index contributed by atoms with van der Waals surface area (Å²) in [5.74, 6) is 0.315. The van der Waals surface area contributed by atoms with Crippen molar-refractivity contribution in [3.63, 3.8) is 0 Å². The zero-order valence-corrected chi connectivity index (χ0v) is 13.0. The minimum atomic E-state index is -0.100. The maximum absolute atomic E-state index is 11.5. The van der Waals surface area contributed by atoms with E-state index in [-0.39, 0.29) is 42.3 Å². The molecule has 0 heterocycles. The number of hydrogen-bond donors (Lipinski definition) is 1. The molecule has 0 aliphatic heterocycles. The van der Waals surface area contributed by atoms with E-state index >= 15 is 0 Å². The van der Waals surface area contributed by atoms with Crippen LogP contribution in [0.4, 0.5) is 0 Å². The highest BCUT2D eigenvalue weighted by Gasteiger charge is 2.09. The predicted octanol–water partition coefficient (Wildman–Crippen LogP) is 1.74. The van der Waals surface area contributed by atoms with Gasteiger partial charge in [0.1, 0.15) is 5.78 Å². The molecule has 0 spiro atoms. The summed E-state index contributed by atoms with van der Waals surface area (Å²) in [6.45, 7) is 8.31. The van der Waals surface area contributed by atoms with Gasteiger partial charge in [0.05, 0.1) is 19.8 Å². The van der Waals surface area contributed by atoms with Crippen molar-refractivity contribution < 1.29 is 19.1 Å². The number of rotatable bonds is 11. The molecule has 0 aliphatic carbocycles. The van der Waals surface area contributed by atoms with Gasteiger partial charge in [-0.25, -0.2) is 0 Å². The lowest BCUT2D eigenvalue weighted by atomic mass is 10.1. The molecule has 0 rings (SSSR count). The Labute approximate surface area is 121 Å². The average molecular weight is 285 g/mol. The average Bonchev–Trinajstić information content (AvgIpc) is 2.34. The first-order chi connectivity index (χ1) is 9.32. The van der Waals surface area contributed by atoms with E-state index in [0.29, 0.717) is 26.1 Å². The molecule has 0 fully saturated rings. The smallest absolute Gasteiger partial charge is 0.220 e. The lowest BCUT2D eigenvalue weighted by Gasteiger charge is -2.07. The zero-order chi connectivity index (χ0) is 15.5. The molecule has 0 bridgehead atoms. The van der Waals surface area contributed by atoms with E-state index < -0.39 is 0 Å². The summed E-state index contributed by atoms with van der Waals surface area (Å²) in [4.78, 5) is 34.1. The predicted molar refractivity (Wildman–Crippen MR) is 77.4 cm³/mol. The normalized spacial score (nSPS) is 10.9. The Morgan fingerprint density at radius 2 is 1.60 bits per heavy atom. The van der Waals surface area contributed by atoms with Gasteiger partial charge in [-0.05, 0) is 5.92 Å². The molecule has 0 aromatic heterocycles. The Kier molecular flexibility index (Phi) is 9.90. The number of ketones is 2. The van der Waals surface area contributed by atoms with Gasteiger partial charge in [0.25, 0.3) is 0 Å². The lowest BCUT2D eigenvalue weighted by Crippen LogP contribution is -2.30. The third kappa shape index (κ3) is 10.7. The van der Waals surface area contributed by atoms with Gasteiger partial charge in [0, 0.05) is 25.2 Å². The van der Waals surface area contributed by atoms with Crippen LogP contribution in [0.1, 0.15) is 47.0 Å². The molecule has 0 radical (unpaired) electrons. The van der Waals surface area contributed by atoms with Crippen molar-refractivity contribution in [2.24, 2.45) is 11.8 Å². The Morgan fingerprint density at radius 3 is 2.15 bits per heavy atom. The Hall–Kier alpha value is -1.23. The van der Waals surface area contributed by atoms with Crippen LogP contribution in [-0.2, 0) is 19.1 Å². The first-order valence-corrected chi connectivity index (χ1v) is 7.21. The molecular formula is C15H27NO4. The second-order valence-corrected chi connectivity index (χ2v) is 5.65. The van der Waals surface area contributed by atoms with Crippen molar-refractivity contribution in [3.05, 3.63) is 0 Å². The fraction of sp³-hybridized carbons (Fsp3) is 0.800. The van der Waals surface area contributed by atoms with E-state index in [0.717, 1.165) is 0 Å². The molecule has 5 nitrogen and oxygen atoms in total. The van der Waals surface area contributed by atoms with Gasteiger partial charge in [-0.1, -0.05) is 27.7 Å². The number of carbonyl (C=O) groups excluding carboxylic acids is 3. The van der Waals surface area contributed by atoms with Crippen LogP contribution in [0.15, 0.2) is 0 Å². The number of carbonyl (C=O) groups is 3. The highest BCUT2D eigenvalue weighted by Crippen LogP contribution is 1.99. The minimum absolute atomic E-state index is 0.0244. The van der Waals surface area contributed by atoms with Crippen molar-refractivity contribution in [1.82, 2.24) is 5.32 Å². The van der Waals surface area contributed by atoms with Gasteiger partial charge >= 0.3 is 0 Å². The fourth-order valence-electron chi connectivity index (χ4n) is 1.48. The maximum atomic E-state index is 11.5. The van der Waals surface area contributed by atoms with Gasteiger partial charge < -0.3 is 10.1 Å². The maximum Gasteiger partial charge on any atom is 0.220 e. The van der Waals surface area contributed by atoms with Crippen LogP contribution < -0.4 is 5.32 Å². The molecule has 0 aromatic rings. The van der Waals surface area contributed by atoms with Crippen LogP contribution in [0, 0.1) is 11.8 Å². The van der Waals surface area contributed by atoms with Crippen molar-refractivity contribution >= 4 is 17.5 Å². The van der Waals surface area contributed by atoms with E-state index in [1.165, 1.54) is 0 Å². The zero-order valence-electron chi connectivity index (χ0n) is 13.0. The summed E-state index contributed by atoms with van der Waals surface area (Å²) < 4.78 is 5.24. The standard InChI is InChI=1S/C15H27NO4/c1-11(2)9-15(19)16-10-13(17)5-7-20-8-6-14(18)12(3)4/h11-12H,5-10H2,1-4H3,(H,16,19). The molecule has 0 saturated carbocycles. The molecular weight excluding hydrogens is 258 g/mol. The molecule has 20 heavy (non-hydrogen) atoms. The molecule has 0 unspecified atom stereocenters. The summed E-state index contributed by atoms with van der Waals surface area (Å²) in [6.07, 6.45) is 1.08. The van der Waals surface area contributed by atoms with Gasteiger partial charge in [0.15, 0.2) is 5.78 Å². The molecule has 5 heteroatoms. The molecule has 0 atom stereocenters. The van der Waals surface area contributed by atoms with Crippen molar-refractivity contribution in [2.75, 3.05) is 19.8 Å². The van der Waals surface area contributed by atoms with Crippen LogP contribution in [0.25, 0.3) is 0 Å². The van der Waals surface area contributed by atoms with Crippen LogP contribution in [0.2, 0.25) is 0 Å². The van der Waals surface area contributed by atoms with Gasteiger partial charge in [-0.3, -0.25) is 14.4 Å².